The molecule has 0 heterocycles. The fourth-order valence-corrected chi connectivity index (χ4v) is 4.17. The molecule has 0 saturated heterocycles. The van der Waals surface area contributed by atoms with Gasteiger partial charge >= 0.3 is 6.03 Å². The van der Waals surface area contributed by atoms with Crippen LogP contribution in [0.1, 0.15) is 0 Å². The van der Waals surface area contributed by atoms with Crippen molar-refractivity contribution in [3.05, 3.63) is 84.9 Å². The predicted molar refractivity (Wildman–Crippen MR) is 151 cm³/mol. The van der Waals surface area contributed by atoms with Crippen molar-refractivity contribution in [2.45, 2.75) is 9.79 Å². The number of amides is 2. The largest absolute Gasteiger partial charge is 0.506 e. The molecule has 0 aromatic heterocycles. The first-order chi connectivity index (χ1) is 20.1. The predicted octanol–water partition coefficient (Wildman–Crippen LogP) is 7.25. The Bertz CT molecular complexity index is 1770. The van der Waals surface area contributed by atoms with Crippen LogP contribution in [-0.2, 0) is 19.5 Å². The van der Waals surface area contributed by atoms with Crippen LogP contribution in [0.15, 0.2) is 115 Å². The molecule has 4 rings (SSSR count). The molecule has 0 fully saturated rings. The fraction of sp³-hybridized carbons (Fsp3) is 0. The molecule has 0 aliphatic heterocycles. The van der Waals surface area contributed by atoms with Crippen molar-refractivity contribution in [1.29, 1.82) is 0 Å². The molecular weight excluding hydrogens is 592 g/mol. The van der Waals surface area contributed by atoms with Crippen LogP contribution in [0.2, 0.25) is 0 Å². The molecule has 6 N–H and O–H groups in total. The van der Waals surface area contributed by atoms with Gasteiger partial charge in [-0.2, -0.15) is 28.9 Å². The standard InChI is InChI=1S/C25H20N6O9S2/c32-23-13-17(30-28-15-3-1-5-19(11-15)41-40-39-35)7-9-21(23)26-25(34)27-22-10-8-18(14-24(22)33)31-29-16-4-2-6-20(12-16)42(36,37)38/h1-14,32-33,35H,(H2,26,27,34)(H,36,37,38). The molecule has 4 aromatic carbocycles. The van der Waals surface area contributed by atoms with Gasteiger partial charge in [0.2, 0.25) is 0 Å². The Kier molecular flexibility index (Phi) is 9.76. The summed E-state index contributed by atoms with van der Waals surface area (Å²) in [7, 11) is -4.40. The Hall–Kier alpha value is -4.91. The molecule has 15 nitrogen and oxygen atoms in total. The maximum Gasteiger partial charge on any atom is 0.323 e. The molecule has 4 aromatic rings. The van der Waals surface area contributed by atoms with E-state index in [9.17, 15) is 23.4 Å². The zero-order valence-corrected chi connectivity index (χ0v) is 22.7. The molecule has 17 heteroatoms. The Morgan fingerprint density at radius 3 is 1.71 bits per heavy atom. The van der Waals surface area contributed by atoms with Gasteiger partial charge in [-0.05, 0) is 60.7 Å². The molecule has 0 unspecified atom stereocenters. The summed E-state index contributed by atoms with van der Waals surface area (Å²) in [5, 5.41) is 53.2. The third-order valence-corrected chi connectivity index (χ3v) is 6.54. The molecule has 0 radical (unpaired) electrons. The Morgan fingerprint density at radius 2 is 1.21 bits per heavy atom. The van der Waals surface area contributed by atoms with E-state index in [4.69, 9.17) is 9.81 Å². The molecule has 0 aliphatic rings. The lowest BCUT2D eigenvalue weighted by atomic mass is 10.2. The Morgan fingerprint density at radius 1 is 0.714 bits per heavy atom. The summed E-state index contributed by atoms with van der Waals surface area (Å²) in [4.78, 5) is 12.7. The molecule has 0 atom stereocenters. The lowest BCUT2D eigenvalue weighted by Crippen LogP contribution is -2.19. The first-order valence-electron chi connectivity index (χ1n) is 11.5. The lowest BCUT2D eigenvalue weighted by Gasteiger charge is -2.10. The number of hydrogen-bond acceptors (Lipinski definition) is 13. The van der Waals surface area contributed by atoms with Gasteiger partial charge in [-0.3, -0.25) is 4.55 Å². The molecule has 42 heavy (non-hydrogen) atoms. The topological polar surface area (TPSA) is 224 Å². The minimum absolute atomic E-state index is 0.0288. The summed E-state index contributed by atoms with van der Waals surface area (Å²) in [6.45, 7) is 0. The summed E-state index contributed by atoms with van der Waals surface area (Å²) in [5.41, 5.74) is 1.17. The molecular formula is C25H20N6O9S2. The number of anilines is 2. The number of nitrogens with one attached hydrogen (secondary N) is 2. The summed E-state index contributed by atoms with van der Waals surface area (Å²) < 4.78 is 36.0. The molecule has 0 aliphatic carbocycles. The third kappa shape index (κ3) is 8.54. The van der Waals surface area contributed by atoms with E-state index in [0.29, 0.717) is 16.3 Å². The molecule has 0 bridgehead atoms. The van der Waals surface area contributed by atoms with E-state index >= 15 is 0 Å². The van der Waals surface area contributed by atoms with Crippen LogP contribution in [0, 0.1) is 0 Å². The number of nitrogens with zero attached hydrogens (tertiary/aromatic N) is 4. The van der Waals surface area contributed by atoms with Gasteiger partial charge in [-0.25, -0.2) is 10.1 Å². The van der Waals surface area contributed by atoms with Crippen molar-refractivity contribution in [1.82, 2.24) is 0 Å². The van der Waals surface area contributed by atoms with Crippen LogP contribution in [0.3, 0.4) is 0 Å². The highest BCUT2D eigenvalue weighted by Crippen LogP contribution is 2.32. The average molecular weight is 613 g/mol. The highest BCUT2D eigenvalue weighted by molar-refractivity contribution is 7.94. The number of hydrogen-bond donors (Lipinski definition) is 6. The Labute approximate surface area is 242 Å². The van der Waals surface area contributed by atoms with E-state index < -0.39 is 16.1 Å². The third-order valence-electron chi connectivity index (χ3n) is 5.11. The zero-order valence-electron chi connectivity index (χ0n) is 21.0. The van der Waals surface area contributed by atoms with E-state index in [1.165, 1.54) is 54.6 Å². The number of azo groups is 2. The van der Waals surface area contributed by atoms with Gasteiger partial charge in [-0.15, -0.1) is 4.33 Å². The SMILES string of the molecule is O=C(Nc1ccc(N=Nc2cccc(SOOO)c2)cc1O)Nc1ccc(N=Nc2cccc(S(=O)(=O)O)c2)cc1O. The first-order valence-corrected chi connectivity index (χ1v) is 13.7. The minimum atomic E-state index is -4.40. The number of phenolic OH excluding ortho intramolecular Hbond substituents is 2. The molecule has 0 spiro atoms. The molecule has 2 amide bonds. The second-order valence-corrected chi connectivity index (χ2v) is 10.3. The van der Waals surface area contributed by atoms with Crippen LogP contribution >= 0.6 is 12.0 Å². The van der Waals surface area contributed by atoms with Gasteiger partial charge in [0.15, 0.2) is 0 Å². The van der Waals surface area contributed by atoms with E-state index in [0.717, 1.165) is 18.1 Å². The van der Waals surface area contributed by atoms with E-state index in [1.54, 1.807) is 24.3 Å². The van der Waals surface area contributed by atoms with Gasteiger partial charge in [0, 0.05) is 17.0 Å². The van der Waals surface area contributed by atoms with Crippen molar-refractivity contribution in [2.24, 2.45) is 20.5 Å². The highest BCUT2D eigenvalue weighted by Gasteiger charge is 2.12. The summed E-state index contributed by atoms with van der Waals surface area (Å²) >= 11 is 0.762. The second kappa shape index (κ2) is 13.6. The van der Waals surface area contributed by atoms with Crippen LogP contribution in [0.4, 0.5) is 38.9 Å². The van der Waals surface area contributed by atoms with E-state index in [-0.39, 0.29) is 39.1 Å². The smallest absolute Gasteiger partial charge is 0.323 e. The fourth-order valence-electron chi connectivity index (χ4n) is 3.24. The quantitative estimate of drug-likeness (QED) is 0.0262. The van der Waals surface area contributed by atoms with Crippen molar-refractivity contribution in [2.75, 3.05) is 10.6 Å². The highest BCUT2D eigenvalue weighted by atomic mass is 32.2. The van der Waals surface area contributed by atoms with Crippen molar-refractivity contribution in [3.63, 3.8) is 0 Å². The maximum atomic E-state index is 12.5. The average Bonchev–Trinajstić information content (AvgIpc) is 2.96. The number of urea groups is 1. The Balaban J connectivity index is 1.36. The minimum Gasteiger partial charge on any atom is -0.506 e. The normalized spacial score (nSPS) is 11.7. The first kappa shape index (κ1) is 30.1. The van der Waals surface area contributed by atoms with E-state index in [2.05, 4.69) is 40.5 Å². The van der Waals surface area contributed by atoms with Crippen LogP contribution in [-0.4, -0.2) is 34.5 Å². The van der Waals surface area contributed by atoms with Crippen molar-refractivity contribution >= 4 is 62.3 Å². The summed E-state index contributed by atoms with van der Waals surface area (Å²) in [6.07, 6.45) is 0. The number of carbonyl (C=O) groups is 1. The summed E-state index contributed by atoms with van der Waals surface area (Å²) in [6, 6.07) is 19.3. The number of benzene rings is 4. The summed E-state index contributed by atoms with van der Waals surface area (Å²) in [5.74, 6) is -0.636. The number of rotatable bonds is 10. The van der Waals surface area contributed by atoms with Gasteiger partial charge < -0.3 is 20.8 Å². The molecule has 0 saturated carbocycles. The van der Waals surface area contributed by atoms with Gasteiger partial charge in [-0.1, -0.05) is 17.2 Å². The van der Waals surface area contributed by atoms with Crippen molar-refractivity contribution in [3.8, 4) is 11.5 Å². The number of aromatic hydroxyl groups is 2. The van der Waals surface area contributed by atoms with Gasteiger partial charge in [0.1, 0.15) is 11.5 Å². The van der Waals surface area contributed by atoms with Gasteiger partial charge in [0.05, 0.1) is 51.1 Å². The lowest BCUT2D eigenvalue weighted by molar-refractivity contribution is -0.432. The molecule has 216 valence electrons. The van der Waals surface area contributed by atoms with Crippen LogP contribution < -0.4 is 10.6 Å². The van der Waals surface area contributed by atoms with Crippen LogP contribution in [0.5, 0.6) is 11.5 Å². The van der Waals surface area contributed by atoms with Crippen LogP contribution in [0.25, 0.3) is 0 Å². The zero-order chi connectivity index (χ0) is 30.1. The van der Waals surface area contributed by atoms with Gasteiger partial charge in [0.25, 0.3) is 10.1 Å². The second-order valence-electron chi connectivity index (χ2n) is 8.08. The van der Waals surface area contributed by atoms with Crippen molar-refractivity contribution < 1.29 is 42.6 Å². The monoisotopic (exact) mass is 612 g/mol. The number of phenols is 2. The van der Waals surface area contributed by atoms with E-state index in [1.807, 2.05) is 0 Å². The maximum absolute atomic E-state index is 12.5. The number of carbonyl (C=O) groups excluding carboxylic acids is 1.